The van der Waals surface area contributed by atoms with Crippen LogP contribution in [0.4, 0.5) is 5.95 Å². The van der Waals surface area contributed by atoms with Crippen LogP contribution in [-0.2, 0) is 11.3 Å². The molecule has 0 aromatic carbocycles. The second-order valence-corrected chi connectivity index (χ2v) is 7.43. The van der Waals surface area contributed by atoms with Crippen LogP contribution in [0.25, 0.3) is 0 Å². The second kappa shape index (κ2) is 6.55. The summed E-state index contributed by atoms with van der Waals surface area (Å²) in [4.78, 5) is 15.1. The van der Waals surface area contributed by atoms with Crippen LogP contribution in [0.15, 0.2) is 36.0 Å². The van der Waals surface area contributed by atoms with Crippen molar-refractivity contribution in [1.82, 2.24) is 14.9 Å². The van der Waals surface area contributed by atoms with E-state index < -0.39 is 0 Å². The zero-order valence-corrected chi connectivity index (χ0v) is 14.0. The van der Waals surface area contributed by atoms with E-state index in [1.54, 1.807) is 0 Å². The van der Waals surface area contributed by atoms with Gasteiger partial charge in [-0.05, 0) is 30.4 Å². The molecule has 1 unspecified atom stereocenters. The molecule has 2 aliphatic heterocycles. The average Bonchev–Trinajstić information content (AvgIpc) is 3.09. The van der Waals surface area contributed by atoms with Crippen molar-refractivity contribution in [3.8, 4) is 0 Å². The van der Waals surface area contributed by atoms with Crippen LogP contribution in [0, 0.1) is 0 Å². The normalized spacial score (nSPS) is 25.8. The lowest BCUT2D eigenvalue weighted by molar-refractivity contribution is -0.116. The lowest BCUT2D eigenvalue weighted by Crippen LogP contribution is -2.59. The molecule has 23 heavy (non-hydrogen) atoms. The smallest absolute Gasteiger partial charge is 0.225 e. The van der Waals surface area contributed by atoms with Gasteiger partial charge in [-0.25, -0.2) is 9.97 Å². The highest BCUT2D eigenvalue weighted by molar-refractivity contribution is 7.09. The summed E-state index contributed by atoms with van der Waals surface area (Å²) in [6.45, 7) is 5.76. The maximum Gasteiger partial charge on any atom is 0.225 e. The number of ether oxygens (including phenoxy) is 1. The van der Waals surface area contributed by atoms with Crippen LogP contribution in [0.3, 0.4) is 0 Å². The molecule has 0 aliphatic carbocycles. The van der Waals surface area contributed by atoms with Crippen molar-refractivity contribution in [2.75, 3.05) is 37.7 Å². The van der Waals surface area contributed by atoms with Gasteiger partial charge in [-0.3, -0.25) is 4.90 Å². The quantitative estimate of drug-likeness (QED) is 0.864. The molecule has 2 aromatic rings. The molecule has 4 heterocycles. The van der Waals surface area contributed by atoms with E-state index in [2.05, 4.69) is 37.3 Å². The minimum atomic E-state index is -0.0764. The van der Waals surface area contributed by atoms with Crippen molar-refractivity contribution < 1.29 is 4.74 Å². The van der Waals surface area contributed by atoms with Gasteiger partial charge in [0.1, 0.15) is 0 Å². The van der Waals surface area contributed by atoms with Gasteiger partial charge in [-0.2, -0.15) is 0 Å². The number of rotatable bonds is 3. The Kier molecular flexibility index (Phi) is 4.29. The molecule has 5 nitrogen and oxygen atoms in total. The number of morpholine rings is 1. The van der Waals surface area contributed by atoms with Crippen LogP contribution >= 0.6 is 11.3 Å². The minimum absolute atomic E-state index is 0.0764. The highest BCUT2D eigenvalue weighted by Crippen LogP contribution is 2.31. The zero-order chi connectivity index (χ0) is 15.5. The lowest BCUT2D eigenvalue weighted by Gasteiger charge is -2.48. The Labute approximate surface area is 140 Å². The average molecular weight is 330 g/mol. The minimum Gasteiger partial charge on any atom is -0.370 e. The van der Waals surface area contributed by atoms with Crippen LogP contribution in [0.2, 0.25) is 0 Å². The van der Waals surface area contributed by atoms with Gasteiger partial charge < -0.3 is 9.64 Å². The molecule has 2 saturated heterocycles. The summed E-state index contributed by atoms with van der Waals surface area (Å²) >= 11 is 1.84. The van der Waals surface area contributed by atoms with Gasteiger partial charge in [0, 0.05) is 43.4 Å². The second-order valence-electron chi connectivity index (χ2n) is 6.40. The van der Waals surface area contributed by atoms with E-state index in [1.165, 1.54) is 4.88 Å². The Morgan fingerprint density at radius 1 is 1.17 bits per heavy atom. The molecule has 0 saturated carbocycles. The van der Waals surface area contributed by atoms with Gasteiger partial charge in [0.05, 0.1) is 18.8 Å². The summed E-state index contributed by atoms with van der Waals surface area (Å²) in [5.74, 6) is 0.825. The predicted octanol–water partition coefficient (Wildman–Crippen LogP) is 2.41. The van der Waals surface area contributed by atoms with Gasteiger partial charge >= 0.3 is 0 Å². The van der Waals surface area contributed by atoms with Crippen LogP contribution in [-0.4, -0.2) is 53.3 Å². The van der Waals surface area contributed by atoms with Crippen LogP contribution in [0.5, 0.6) is 0 Å². The fourth-order valence-electron chi connectivity index (χ4n) is 3.65. The molecule has 1 atom stereocenters. The van der Waals surface area contributed by atoms with Crippen molar-refractivity contribution in [1.29, 1.82) is 0 Å². The summed E-state index contributed by atoms with van der Waals surface area (Å²) < 4.78 is 6.27. The molecule has 122 valence electrons. The molecule has 0 amide bonds. The topological polar surface area (TPSA) is 41.5 Å². The number of hydrogen-bond acceptors (Lipinski definition) is 6. The standard InChI is InChI=1S/C17H22N4OS/c1-4-15(23-11-1)12-20-9-10-22-17(13-20)5-2-8-21(14-17)16-18-6-3-7-19-16/h1,3-4,6-7,11H,2,5,8-10,12-14H2. The number of piperidine rings is 1. The SMILES string of the molecule is c1cnc(N2CCCC3(CN(Cc4cccs4)CCO3)C2)nc1. The van der Waals surface area contributed by atoms with Gasteiger partial charge in [0.25, 0.3) is 0 Å². The molecule has 0 N–H and O–H groups in total. The summed E-state index contributed by atoms with van der Waals surface area (Å²) in [7, 11) is 0. The highest BCUT2D eigenvalue weighted by Gasteiger charge is 2.41. The summed E-state index contributed by atoms with van der Waals surface area (Å²) in [6, 6.07) is 6.21. The van der Waals surface area contributed by atoms with E-state index in [-0.39, 0.29) is 5.60 Å². The van der Waals surface area contributed by atoms with Gasteiger partial charge in [-0.1, -0.05) is 6.07 Å². The molecule has 2 aliphatic rings. The van der Waals surface area contributed by atoms with Gasteiger partial charge in [0.2, 0.25) is 5.95 Å². The number of hydrogen-bond donors (Lipinski definition) is 0. The number of nitrogens with zero attached hydrogens (tertiary/aromatic N) is 4. The molecule has 2 aromatic heterocycles. The first-order valence-electron chi connectivity index (χ1n) is 8.24. The van der Waals surface area contributed by atoms with E-state index in [9.17, 15) is 0 Å². The Balaban J connectivity index is 1.46. The van der Waals surface area contributed by atoms with Crippen molar-refractivity contribution >= 4 is 17.3 Å². The zero-order valence-electron chi connectivity index (χ0n) is 13.2. The molecule has 2 fully saturated rings. The Morgan fingerprint density at radius 2 is 2.09 bits per heavy atom. The van der Waals surface area contributed by atoms with E-state index in [1.807, 2.05) is 29.8 Å². The first-order chi connectivity index (χ1) is 11.3. The van der Waals surface area contributed by atoms with Crippen LogP contribution < -0.4 is 4.90 Å². The van der Waals surface area contributed by atoms with E-state index >= 15 is 0 Å². The largest absolute Gasteiger partial charge is 0.370 e. The third-order valence-electron chi connectivity index (χ3n) is 4.66. The van der Waals surface area contributed by atoms with Crippen molar-refractivity contribution in [2.45, 2.75) is 25.0 Å². The highest BCUT2D eigenvalue weighted by atomic mass is 32.1. The summed E-state index contributed by atoms with van der Waals surface area (Å²) in [5, 5.41) is 2.15. The third kappa shape index (κ3) is 3.39. The van der Waals surface area contributed by atoms with Gasteiger partial charge in [0.15, 0.2) is 0 Å². The van der Waals surface area contributed by atoms with E-state index in [0.29, 0.717) is 0 Å². The maximum absolute atomic E-state index is 6.27. The van der Waals surface area contributed by atoms with E-state index in [0.717, 1.165) is 58.1 Å². The van der Waals surface area contributed by atoms with Gasteiger partial charge in [-0.15, -0.1) is 11.3 Å². The van der Waals surface area contributed by atoms with Crippen molar-refractivity contribution in [3.63, 3.8) is 0 Å². The van der Waals surface area contributed by atoms with Crippen LogP contribution in [0.1, 0.15) is 17.7 Å². The number of anilines is 1. The molecular formula is C17H22N4OS. The monoisotopic (exact) mass is 330 g/mol. The first-order valence-corrected chi connectivity index (χ1v) is 9.12. The number of thiophene rings is 1. The predicted molar refractivity (Wildman–Crippen MR) is 91.8 cm³/mol. The molecule has 0 bridgehead atoms. The Morgan fingerprint density at radius 3 is 2.91 bits per heavy atom. The number of aromatic nitrogens is 2. The summed E-state index contributed by atoms with van der Waals surface area (Å²) in [6.07, 6.45) is 5.88. The molecule has 1 spiro atoms. The fourth-order valence-corrected chi connectivity index (χ4v) is 4.40. The molecule has 0 radical (unpaired) electrons. The Hall–Kier alpha value is -1.50. The first kappa shape index (κ1) is 15.1. The summed E-state index contributed by atoms with van der Waals surface area (Å²) in [5.41, 5.74) is -0.0764. The molecule has 6 heteroatoms. The van der Waals surface area contributed by atoms with E-state index in [4.69, 9.17) is 4.74 Å². The lowest BCUT2D eigenvalue weighted by atomic mass is 9.91. The Bertz CT molecular complexity index is 617. The maximum atomic E-state index is 6.27. The fraction of sp³-hybridized carbons (Fsp3) is 0.529. The van der Waals surface area contributed by atoms with Crippen molar-refractivity contribution in [2.24, 2.45) is 0 Å². The molecule has 4 rings (SSSR count). The molecular weight excluding hydrogens is 308 g/mol. The van der Waals surface area contributed by atoms with Crippen molar-refractivity contribution in [3.05, 3.63) is 40.8 Å². The third-order valence-corrected chi connectivity index (χ3v) is 5.52.